The number of para-hydroxylation sites is 2. The average molecular weight is 431 g/mol. The molecular formula is C24H25N5O3. The molecule has 0 amide bonds. The van der Waals surface area contributed by atoms with Crippen molar-refractivity contribution in [3.63, 3.8) is 0 Å². The van der Waals surface area contributed by atoms with E-state index in [0.29, 0.717) is 11.5 Å². The Morgan fingerprint density at radius 1 is 1.16 bits per heavy atom. The SMILES string of the molecule is CCCCc1ccc(/C=C/C=C/C(=O)C2Oc3ccccc3OC2(N)c2nnn[nH]2)cc1. The molecule has 3 N–H and O–H groups in total. The third kappa shape index (κ3) is 4.60. The number of nitrogens with zero attached hydrogens (tertiary/aromatic N) is 3. The molecule has 0 radical (unpaired) electrons. The van der Waals surface area contributed by atoms with Gasteiger partial charge in [-0.15, -0.1) is 5.10 Å². The Balaban J connectivity index is 1.48. The highest BCUT2D eigenvalue weighted by Gasteiger charge is 2.51. The number of nitrogens with one attached hydrogen (secondary N) is 1. The number of benzene rings is 2. The first-order chi connectivity index (χ1) is 15.6. The molecule has 1 aliphatic heterocycles. The van der Waals surface area contributed by atoms with Crippen LogP contribution in [0.3, 0.4) is 0 Å². The Kier molecular flexibility index (Phi) is 6.42. The van der Waals surface area contributed by atoms with E-state index in [1.54, 1.807) is 36.4 Å². The summed E-state index contributed by atoms with van der Waals surface area (Å²) in [5.74, 6) is 0.545. The smallest absolute Gasteiger partial charge is 0.265 e. The van der Waals surface area contributed by atoms with Gasteiger partial charge < -0.3 is 9.47 Å². The molecule has 0 fully saturated rings. The van der Waals surface area contributed by atoms with Crippen LogP contribution in [0.2, 0.25) is 0 Å². The molecule has 164 valence electrons. The van der Waals surface area contributed by atoms with Crippen molar-refractivity contribution < 1.29 is 14.3 Å². The molecule has 8 heteroatoms. The molecule has 2 heterocycles. The number of ketones is 1. The molecule has 2 atom stereocenters. The normalized spacial score (nSPS) is 20.1. The second kappa shape index (κ2) is 9.57. The first-order valence-electron chi connectivity index (χ1n) is 10.6. The van der Waals surface area contributed by atoms with Gasteiger partial charge in [0.25, 0.3) is 5.72 Å². The lowest BCUT2D eigenvalue weighted by molar-refractivity contribution is -0.138. The number of fused-ring (bicyclic) bond motifs is 1. The number of nitrogens with two attached hydrogens (primary N) is 1. The van der Waals surface area contributed by atoms with Gasteiger partial charge in [-0.05, 0) is 52.6 Å². The molecule has 0 saturated carbocycles. The van der Waals surface area contributed by atoms with E-state index in [-0.39, 0.29) is 11.6 Å². The molecule has 0 aliphatic carbocycles. The molecule has 1 aliphatic rings. The van der Waals surface area contributed by atoms with E-state index < -0.39 is 11.8 Å². The summed E-state index contributed by atoms with van der Waals surface area (Å²) in [5, 5.41) is 13.5. The molecular weight excluding hydrogens is 406 g/mol. The molecule has 8 nitrogen and oxygen atoms in total. The van der Waals surface area contributed by atoms with Crippen LogP contribution in [-0.2, 0) is 16.9 Å². The third-order valence-corrected chi connectivity index (χ3v) is 5.20. The highest BCUT2D eigenvalue weighted by Crippen LogP contribution is 2.39. The lowest BCUT2D eigenvalue weighted by Crippen LogP contribution is -2.60. The van der Waals surface area contributed by atoms with Gasteiger partial charge in [0.2, 0.25) is 17.7 Å². The molecule has 0 bridgehead atoms. The van der Waals surface area contributed by atoms with Gasteiger partial charge >= 0.3 is 0 Å². The van der Waals surface area contributed by atoms with Crippen molar-refractivity contribution in [1.82, 2.24) is 20.6 Å². The van der Waals surface area contributed by atoms with Crippen molar-refractivity contribution in [2.45, 2.75) is 38.0 Å². The number of unbranched alkanes of at least 4 members (excludes halogenated alkanes) is 1. The maximum atomic E-state index is 13.0. The number of carbonyl (C=O) groups is 1. The van der Waals surface area contributed by atoms with E-state index in [2.05, 4.69) is 51.8 Å². The Labute approximate surface area is 186 Å². The van der Waals surface area contributed by atoms with Crippen LogP contribution in [0.15, 0.2) is 66.8 Å². The Bertz CT molecular complexity index is 1110. The van der Waals surface area contributed by atoms with Gasteiger partial charge in [0.05, 0.1) is 0 Å². The van der Waals surface area contributed by atoms with Gasteiger partial charge in [-0.3, -0.25) is 10.5 Å². The van der Waals surface area contributed by atoms with Crippen LogP contribution in [0.4, 0.5) is 0 Å². The van der Waals surface area contributed by atoms with E-state index in [1.807, 2.05) is 6.08 Å². The topological polar surface area (TPSA) is 116 Å². The van der Waals surface area contributed by atoms with E-state index in [4.69, 9.17) is 15.2 Å². The van der Waals surface area contributed by atoms with Crippen LogP contribution in [0.25, 0.3) is 6.08 Å². The summed E-state index contributed by atoms with van der Waals surface area (Å²) in [6, 6.07) is 15.4. The van der Waals surface area contributed by atoms with Crippen LogP contribution in [-0.4, -0.2) is 32.5 Å². The number of ether oxygens (including phenoxy) is 2. The number of aryl methyl sites for hydroxylation is 1. The third-order valence-electron chi connectivity index (χ3n) is 5.20. The molecule has 2 aromatic carbocycles. The predicted octanol–water partition coefficient (Wildman–Crippen LogP) is 3.33. The van der Waals surface area contributed by atoms with Crippen LogP contribution < -0.4 is 15.2 Å². The first-order valence-corrected chi connectivity index (χ1v) is 10.6. The molecule has 3 aromatic rings. The van der Waals surface area contributed by atoms with Crippen molar-refractivity contribution in [3.05, 3.63) is 83.7 Å². The largest absolute Gasteiger partial charge is 0.472 e. The van der Waals surface area contributed by atoms with Gasteiger partial charge in [0, 0.05) is 0 Å². The van der Waals surface area contributed by atoms with Crippen LogP contribution >= 0.6 is 0 Å². The molecule has 32 heavy (non-hydrogen) atoms. The number of aromatic nitrogens is 4. The van der Waals surface area contributed by atoms with E-state index in [9.17, 15) is 4.79 Å². The summed E-state index contributed by atoms with van der Waals surface area (Å²) < 4.78 is 11.8. The second-order valence-corrected chi connectivity index (χ2v) is 7.56. The zero-order chi connectivity index (χ0) is 22.4. The summed E-state index contributed by atoms with van der Waals surface area (Å²) in [6.07, 6.45) is 9.05. The molecule has 0 spiro atoms. The van der Waals surface area contributed by atoms with Crippen LogP contribution in [0.5, 0.6) is 11.5 Å². The number of hydrogen-bond acceptors (Lipinski definition) is 7. The fraction of sp³-hybridized carbons (Fsp3) is 0.250. The highest BCUT2D eigenvalue weighted by atomic mass is 16.6. The number of hydrogen-bond donors (Lipinski definition) is 2. The minimum absolute atomic E-state index is 0.0949. The van der Waals surface area contributed by atoms with Gasteiger partial charge in [-0.25, -0.2) is 5.10 Å². The summed E-state index contributed by atoms with van der Waals surface area (Å²) in [6.45, 7) is 2.19. The van der Waals surface area contributed by atoms with E-state index >= 15 is 0 Å². The maximum Gasteiger partial charge on any atom is 0.265 e. The Morgan fingerprint density at radius 3 is 2.66 bits per heavy atom. The van der Waals surface area contributed by atoms with Crippen molar-refractivity contribution in [3.8, 4) is 11.5 Å². The van der Waals surface area contributed by atoms with Crippen molar-refractivity contribution in [2.75, 3.05) is 0 Å². The maximum absolute atomic E-state index is 13.0. The number of rotatable bonds is 8. The van der Waals surface area contributed by atoms with Gasteiger partial charge in [-0.1, -0.05) is 68.0 Å². The summed E-state index contributed by atoms with van der Waals surface area (Å²) in [7, 11) is 0. The fourth-order valence-electron chi connectivity index (χ4n) is 3.43. The van der Waals surface area contributed by atoms with Gasteiger partial charge in [-0.2, -0.15) is 0 Å². The standard InChI is InChI=1S/C24H25N5O3/c1-2-3-8-17-13-15-18(16-14-17)9-4-5-10-19(30)22-24(25,23-26-28-29-27-23)32-21-12-7-6-11-20(21)31-22/h4-7,9-16,22H,2-3,8,25H2,1H3,(H,26,27,28,29)/b9-4+,10-5+. The first kappa shape index (κ1) is 21.5. The number of tetrazole rings is 1. The monoisotopic (exact) mass is 431 g/mol. The summed E-state index contributed by atoms with van der Waals surface area (Å²) in [5.41, 5.74) is 7.11. The lowest BCUT2D eigenvalue weighted by atomic mass is 10.00. The minimum Gasteiger partial charge on any atom is -0.472 e. The van der Waals surface area contributed by atoms with E-state index in [1.165, 1.54) is 24.5 Å². The van der Waals surface area contributed by atoms with Gasteiger partial charge in [0.1, 0.15) is 0 Å². The zero-order valence-corrected chi connectivity index (χ0v) is 17.8. The minimum atomic E-state index is -1.70. The summed E-state index contributed by atoms with van der Waals surface area (Å²) in [4.78, 5) is 13.0. The molecule has 1 aromatic heterocycles. The van der Waals surface area contributed by atoms with Crippen molar-refractivity contribution in [1.29, 1.82) is 0 Å². The number of H-pyrrole nitrogens is 1. The van der Waals surface area contributed by atoms with Gasteiger partial charge in [0.15, 0.2) is 11.5 Å². The predicted molar refractivity (Wildman–Crippen MR) is 120 cm³/mol. The van der Waals surface area contributed by atoms with Crippen molar-refractivity contribution >= 4 is 11.9 Å². The van der Waals surface area contributed by atoms with E-state index in [0.717, 1.165) is 12.0 Å². The molecule has 0 saturated heterocycles. The lowest BCUT2D eigenvalue weighted by Gasteiger charge is -2.38. The fourth-order valence-corrected chi connectivity index (χ4v) is 3.43. The van der Waals surface area contributed by atoms with Crippen LogP contribution in [0.1, 0.15) is 36.7 Å². The second-order valence-electron chi connectivity index (χ2n) is 7.56. The quantitative estimate of drug-likeness (QED) is 0.415. The highest BCUT2D eigenvalue weighted by molar-refractivity contribution is 5.95. The Morgan fingerprint density at radius 2 is 1.94 bits per heavy atom. The average Bonchev–Trinajstić information content (AvgIpc) is 3.36. The molecule has 4 rings (SSSR count). The van der Waals surface area contributed by atoms with Crippen molar-refractivity contribution in [2.24, 2.45) is 5.73 Å². The number of carbonyl (C=O) groups excluding carboxylic acids is 1. The molecule has 2 unspecified atom stereocenters. The Hall–Kier alpha value is -3.78. The number of aromatic amines is 1. The van der Waals surface area contributed by atoms with Crippen LogP contribution in [0, 0.1) is 0 Å². The number of allylic oxidation sites excluding steroid dienone is 2. The summed E-state index contributed by atoms with van der Waals surface area (Å²) >= 11 is 0. The zero-order valence-electron chi connectivity index (χ0n) is 17.8.